The van der Waals surface area contributed by atoms with E-state index < -0.39 is 0 Å². The molecular weight excluding hydrogens is 558 g/mol. The molecule has 9 rings (SSSR count). The maximum Gasteiger partial charge on any atom is 0.160 e. The number of rotatable bonds is 4. The zero-order valence-electron chi connectivity index (χ0n) is 24.9. The van der Waals surface area contributed by atoms with Gasteiger partial charge in [-0.2, -0.15) is 0 Å². The second-order valence-corrected chi connectivity index (χ2v) is 11.6. The molecule has 0 saturated heterocycles. The van der Waals surface area contributed by atoms with Crippen molar-refractivity contribution in [3.05, 3.63) is 164 Å². The molecule has 2 aromatic heterocycles. The van der Waals surface area contributed by atoms with E-state index in [1.165, 1.54) is 21.5 Å². The number of aromatic nitrogens is 3. The fourth-order valence-electron chi connectivity index (χ4n) is 6.62. The van der Waals surface area contributed by atoms with Crippen molar-refractivity contribution in [3.8, 4) is 45.0 Å². The van der Waals surface area contributed by atoms with E-state index in [1.807, 2.05) is 30.3 Å². The van der Waals surface area contributed by atoms with Crippen molar-refractivity contribution in [3.63, 3.8) is 0 Å². The van der Waals surface area contributed by atoms with Gasteiger partial charge in [0, 0.05) is 38.2 Å². The molecule has 0 amide bonds. The quantitative estimate of drug-likeness (QED) is 0.193. The molecule has 0 bridgehead atoms. The molecule has 214 valence electrons. The highest BCUT2D eigenvalue weighted by Crippen LogP contribution is 2.38. The van der Waals surface area contributed by atoms with E-state index >= 15 is 0 Å². The molecule has 0 spiro atoms. The van der Waals surface area contributed by atoms with E-state index in [9.17, 15) is 0 Å². The summed E-state index contributed by atoms with van der Waals surface area (Å²) in [7, 11) is 0. The summed E-state index contributed by atoms with van der Waals surface area (Å²) in [5.74, 6) is 0.731. The molecule has 0 N–H and O–H groups in total. The second kappa shape index (κ2) is 10.8. The van der Waals surface area contributed by atoms with Crippen LogP contribution in [0.25, 0.3) is 88.4 Å². The fraction of sp³-hybridized carbons (Fsp3) is 0. The van der Waals surface area contributed by atoms with Crippen molar-refractivity contribution in [1.29, 1.82) is 0 Å². The number of pyridine rings is 1. The van der Waals surface area contributed by atoms with Crippen LogP contribution in [-0.4, -0.2) is 15.0 Å². The standard InChI is InChI=1S/C43H27N3/c1-2-12-31(13-3-1)43-45-39-20-9-7-18-36(39)41(46-43)30-23-21-28(22-24-30)32-14-10-15-33(27-32)42-37-26-25-29-11-4-5-16-34(29)40(37)35-17-6-8-19-38(35)44-42/h1-27H. The molecule has 0 aliphatic carbocycles. The summed E-state index contributed by atoms with van der Waals surface area (Å²) in [5.41, 5.74) is 9.32. The van der Waals surface area contributed by atoms with E-state index in [1.54, 1.807) is 0 Å². The normalized spacial score (nSPS) is 11.5. The fourth-order valence-corrected chi connectivity index (χ4v) is 6.62. The first kappa shape index (κ1) is 26.2. The third-order valence-electron chi connectivity index (χ3n) is 8.85. The van der Waals surface area contributed by atoms with Gasteiger partial charge in [-0.15, -0.1) is 0 Å². The van der Waals surface area contributed by atoms with Crippen molar-refractivity contribution in [1.82, 2.24) is 15.0 Å². The van der Waals surface area contributed by atoms with Gasteiger partial charge in [0.15, 0.2) is 5.82 Å². The smallest absolute Gasteiger partial charge is 0.160 e. The first-order valence-corrected chi connectivity index (χ1v) is 15.5. The van der Waals surface area contributed by atoms with Crippen LogP contribution < -0.4 is 0 Å². The zero-order chi connectivity index (χ0) is 30.5. The number of para-hydroxylation sites is 2. The Bertz CT molecular complexity index is 2560. The van der Waals surface area contributed by atoms with Crippen molar-refractivity contribution >= 4 is 43.4 Å². The van der Waals surface area contributed by atoms with Gasteiger partial charge in [-0.1, -0.05) is 146 Å². The molecule has 0 aliphatic heterocycles. The Labute approximate surface area is 266 Å². The van der Waals surface area contributed by atoms with Crippen LogP contribution in [0.1, 0.15) is 0 Å². The van der Waals surface area contributed by atoms with Gasteiger partial charge in [0.1, 0.15) is 0 Å². The van der Waals surface area contributed by atoms with Gasteiger partial charge in [0.05, 0.1) is 22.4 Å². The molecule has 0 fully saturated rings. The Morgan fingerprint density at radius 2 is 0.913 bits per heavy atom. The summed E-state index contributed by atoms with van der Waals surface area (Å²) in [5, 5.41) is 7.11. The maximum absolute atomic E-state index is 5.22. The Kier molecular flexibility index (Phi) is 6.14. The summed E-state index contributed by atoms with van der Waals surface area (Å²) in [6, 6.07) is 57.4. The molecule has 0 saturated carbocycles. The first-order valence-electron chi connectivity index (χ1n) is 15.5. The average Bonchev–Trinajstić information content (AvgIpc) is 3.14. The van der Waals surface area contributed by atoms with Crippen LogP contribution in [0, 0.1) is 0 Å². The van der Waals surface area contributed by atoms with Crippen LogP contribution in [0.15, 0.2) is 164 Å². The minimum atomic E-state index is 0.731. The molecular formula is C43H27N3. The number of nitrogens with zero attached hydrogens (tertiary/aromatic N) is 3. The topological polar surface area (TPSA) is 38.7 Å². The Hall–Kier alpha value is -6.19. The van der Waals surface area contributed by atoms with Crippen LogP contribution in [-0.2, 0) is 0 Å². The minimum absolute atomic E-state index is 0.731. The predicted molar refractivity (Wildman–Crippen MR) is 192 cm³/mol. The SMILES string of the molecule is c1ccc(-c2nc(-c3ccc(-c4cccc(-c5nc6ccccc6c6c5ccc5ccccc56)c4)cc3)c3ccccc3n2)cc1. The first-order chi connectivity index (χ1) is 22.8. The maximum atomic E-state index is 5.22. The third kappa shape index (κ3) is 4.41. The lowest BCUT2D eigenvalue weighted by Crippen LogP contribution is -1.95. The number of benzene rings is 7. The molecule has 9 aromatic rings. The number of hydrogen-bond donors (Lipinski definition) is 0. The van der Waals surface area contributed by atoms with Gasteiger partial charge < -0.3 is 0 Å². The van der Waals surface area contributed by atoms with E-state index in [2.05, 4.69) is 133 Å². The summed E-state index contributed by atoms with van der Waals surface area (Å²) >= 11 is 0. The minimum Gasteiger partial charge on any atom is -0.247 e. The van der Waals surface area contributed by atoms with Crippen LogP contribution in [0.3, 0.4) is 0 Å². The highest BCUT2D eigenvalue weighted by Gasteiger charge is 2.15. The molecule has 7 aromatic carbocycles. The van der Waals surface area contributed by atoms with Gasteiger partial charge in [-0.3, -0.25) is 0 Å². The largest absolute Gasteiger partial charge is 0.247 e. The lowest BCUT2D eigenvalue weighted by atomic mass is 9.94. The summed E-state index contributed by atoms with van der Waals surface area (Å²) in [4.78, 5) is 15.1. The summed E-state index contributed by atoms with van der Waals surface area (Å²) in [6.07, 6.45) is 0. The molecule has 0 atom stereocenters. The second-order valence-electron chi connectivity index (χ2n) is 11.6. The van der Waals surface area contributed by atoms with Crippen LogP contribution in [0.2, 0.25) is 0 Å². The van der Waals surface area contributed by atoms with Gasteiger partial charge in [-0.25, -0.2) is 15.0 Å². The predicted octanol–water partition coefficient (Wildman–Crippen LogP) is 11.2. The van der Waals surface area contributed by atoms with Crippen molar-refractivity contribution < 1.29 is 0 Å². The van der Waals surface area contributed by atoms with Gasteiger partial charge in [0.2, 0.25) is 0 Å². The van der Waals surface area contributed by atoms with Crippen LogP contribution in [0.4, 0.5) is 0 Å². The highest BCUT2D eigenvalue weighted by molar-refractivity contribution is 6.22. The van der Waals surface area contributed by atoms with Crippen molar-refractivity contribution in [2.24, 2.45) is 0 Å². The molecule has 3 heteroatoms. The molecule has 46 heavy (non-hydrogen) atoms. The molecule has 0 radical (unpaired) electrons. The van der Waals surface area contributed by atoms with Crippen molar-refractivity contribution in [2.75, 3.05) is 0 Å². The van der Waals surface area contributed by atoms with Gasteiger partial charge in [-0.05, 0) is 40.1 Å². The molecule has 0 unspecified atom stereocenters. The lowest BCUT2D eigenvalue weighted by molar-refractivity contribution is 1.23. The van der Waals surface area contributed by atoms with E-state index in [4.69, 9.17) is 15.0 Å². The van der Waals surface area contributed by atoms with Crippen LogP contribution in [0.5, 0.6) is 0 Å². The third-order valence-corrected chi connectivity index (χ3v) is 8.85. The average molecular weight is 586 g/mol. The Morgan fingerprint density at radius 1 is 0.304 bits per heavy atom. The monoisotopic (exact) mass is 585 g/mol. The molecule has 0 aliphatic rings. The highest BCUT2D eigenvalue weighted by atomic mass is 14.9. The van der Waals surface area contributed by atoms with E-state index in [-0.39, 0.29) is 0 Å². The van der Waals surface area contributed by atoms with Crippen LogP contribution >= 0.6 is 0 Å². The van der Waals surface area contributed by atoms with E-state index in [0.29, 0.717) is 0 Å². The summed E-state index contributed by atoms with van der Waals surface area (Å²) < 4.78 is 0. The number of fused-ring (bicyclic) bond motifs is 6. The Balaban J connectivity index is 1.15. The van der Waals surface area contributed by atoms with E-state index in [0.717, 1.165) is 66.8 Å². The molecule has 3 nitrogen and oxygen atoms in total. The Morgan fingerprint density at radius 3 is 1.74 bits per heavy atom. The van der Waals surface area contributed by atoms with Gasteiger partial charge in [0.25, 0.3) is 0 Å². The number of hydrogen-bond acceptors (Lipinski definition) is 3. The van der Waals surface area contributed by atoms with Crippen molar-refractivity contribution in [2.45, 2.75) is 0 Å². The van der Waals surface area contributed by atoms with Gasteiger partial charge >= 0.3 is 0 Å². The molecule has 2 heterocycles. The zero-order valence-corrected chi connectivity index (χ0v) is 24.9. The summed E-state index contributed by atoms with van der Waals surface area (Å²) in [6.45, 7) is 0. The lowest BCUT2D eigenvalue weighted by Gasteiger charge is -2.14.